The van der Waals surface area contributed by atoms with Crippen molar-refractivity contribution in [2.45, 2.75) is 50.6 Å². The van der Waals surface area contributed by atoms with Crippen LogP contribution in [0.3, 0.4) is 0 Å². The van der Waals surface area contributed by atoms with E-state index in [1.54, 1.807) is 0 Å². The molecule has 38 heavy (non-hydrogen) atoms. The van der Waals surface area contributed by atoms with Gasteiger partial charge >= 0.3 is 23.9 Å². The van der Waals surface area contributed by atoms with Gasteiger partial charge in [0, 0.05) is 37.2 Å². The summed E-state index contributed by atoms with van der Waals surface area (Å²) in [4.78, 5) is 91.5. The number of carbonyl (C=O) groups is 8. The average Bonchev–Trinajstić information content (AvgIpc) is 2.81. The maximum atomic E-state index is 12.3. The van der Waals surface area contributed by atoms with Crippen molar-refractivity contribution in [3.05, 3.63) is 0 Å². The van der Waals surface area contributed by atoms with Gasteiger partial charge in [-0.15, -0.1) is 0 Å². The van der Waals surface area contributed by atoms with Crippen molar-refractivity contribution >= 4 is 69.1 Å². The molecule has 0 aliphatic heterocycles. The quantitative estimate of drug-likeness (QED) is 0.0551. The summed E-state index contributed by atoms with van der Waals surface area (Å²) in [6.45, 7) is -1.41. The molecule has 4 amide bonds. The molecular weight excluding hydrogens is 552 g/mol. The third-order valence-corrected chi connectivity index (χ3v) is 6.69. The first-order valence-electron chi connectivity index (χ1n) is 11.1. The summed E-state index contributed by atoms with van der Waals surface area (Å²) in [7, 11) is 1.98. The van der Waals surface area contributed by atoms with Crippen molar-refractivity contribution in [3.63, 3.8) is 0 Å². The van der Waals surface area contributed by atoms with E-state index in [-0.39, 0.29) is 50.0 Å². The van der Waals surface area contributed by atoms with Gasteiger partial charge < -0.3 is 41.7 Å². The molecule has 16 nitrogen and oxygen atoms in total. The number of carboxylic acids is 4. The number of amides is 4. The highest BCUT2D eigenvalue weighted by Gasteiger charge is 2.24. The molecule has 0 aliphatic carbocycles. The molecule has 2 unspecified atom stereocenters. The van der Waals surface area contributed by atoms with E-state index in [1.165, 1.54) is 0 Å². The summed E-state index contributed by atoms with van der Waals surface area (Å²) in [6.07, 6.45) is -0.862. The molecule has 0 saturated heterocycles. The highest BCUT2D eigenvalue weighted by Crippen LogP contribution is 2.23. The lowest BCUT2D eigenvalue weighted by molar-refractivity contribution is -0.139. The highest BCUT2D eigenvalue weighted by molar-refractivity contribution is 8.76. The molecule has 0 aromatic carbocycles. The van der Waals surface area contributed by atoms with E-state index in [4.69, 9.17) is 20.4 Å². The second kappa shape index (κ2) is 19.6. The third kappa shape index (κ3) is 18.7. The summed E-state index contributed by atoms with van der Waals surface area (Å²) < 4.78 is 0. The molecule has 0 aromatic heterocycles. The Kier molecular flexibility index (Phi) is 17.7. The Hall–Kier alpha value is -3.54. The minimum atomic E-state index is -1.32. The molecule has 0 saturated carbocycles. The topological polar surface area (TPSA) is 266 Å². The number of rotatable bonds is 21. The molecule has 0 fully saturated rings. The lowest BCUT2D eigenvalue weighted by Gasteiger charge is -2.19. The zero-order valence-electron chi connectivity index (χ0n) is 20.1. The highest BCUT2D eigenvalue weighted by atomic mass is 33.1. The van der Waals surface area contributed by atoms with Gasteiger partial charge in [0.05, 0.1) is 0 Å². The fourth-order valence-electron chi connectivity index (χ4n) is 2.50. The zero-order valence-corrected chi connectivity index (χ0v) is 21.7. The molecule has 0 rings (SSSR count). The van der Waals surface area contributed by atoms with Crippen molar-refractivity contribution in [1.29, 1.82) is 0 Å². The van der Waals surface area contributed by atoms with Gasteiger partial charge in [0.15, 0.2) is 0 Å². The molecule has 0 heterocycles. The maximum absolute atomic E-state index is 12.3. The SMILES string of the molecule is O=C(O)CCCC(=O)NC(CSSCC(NC(=O)CCCC(=O)O)C(=O)NCC(=O)O)C(=O)NCC(=O)O. The van der Waals surface area contributed by atoms with E-state index in [9.17, 15) is 38.4 Å². The van der Waals surface area contributed by atoms with Crippen LogP contribution < -0.4 is 21.3 Å². The van der Waals surface area contributed by atoms with Crippen LogP contribution in [0, 0.1) is 0 Å². The Morgan fingerprint density at radius 2 is 0.868 bits per heavy atom. The zero-order chi connectivity index (χ0) is 29.1. The largest absolute Gasteiger partial charge is 0.481 e. The summed E-state index contributed by atoms with van der Waals surface area (Å²) in [6, 6.07) is -2.40. The Morgan fingerprint density at radius 3 is 1.16 bits per heavy atom. The minimum absolute atomic E-state index is 0.0197. The summed E-state index contributed by atoms with van der Waals surface area (Å²) in [5.74, 6) is -7.92. The molecule has 0 radical (unpaired) electrons. The second-order valence-electron chi connectivity index (χ2n) is 7.53. The average molecular weight is 583 g/mol. The van der Waals surface area contributed by atoms with E-state index < -0.39 is 72.7 Å². The predicted octanol–water partition coefficient (Wildman–Crippen LogP) is -1.75. The molecule has 18 heteroatoms. The first kappa shape index (κ1) is 34.5. The van der Waals surface area contributed by atoms with E-state index in [0.29, 0.717) is 0 Å². The lowest BCUT2D eigenvalue weighted by Crippen LogP contribution is -2.49. The van der Waals surface area contributed by atoms with Gasteiger partial charge in [0.25, 0.3) is 0 Å². The van der Waals surface area contributed by atoms with Gasteiger partial charge in [-0.1, -0.05) is 21.6 Å². The standard InChI is InChI=1S/C20H30N4O12S2/c25-13(3-1-5-15(27)28)23-11(19(35)21-7-17(31)32)9-37-38-10-12(20(36)22-8-18(33)34)24-14(26)4-2-6-16(29)30/h11-12H,1-10H2,(H,21,35)(H,22,36)(H,23,25)(H,24,26)(H,27,28)(H,29,30)(H,31,32)(H,33,34). The van der Waals surface area contributed by atoms with Crippen molar-refractivity contribution in [1.82, 2.24) is 21.3 Å². The van der Waals surface area contributed by atoms with Crippen LogP contribution in [0.1, 0.15) is 38.5 Å². The minimum Gasteiger partial charge on any atom is -0.481 e. The number of nitrogens with one attached hydrogen (secondary N) is 4. The van der Waals surface area contributed by atoms with Gasteiger partial charge in [-0.2, -0.15) is 0 Å². The number of carboxylic acid groups (broad SMARTS) is 4. The Morgan fingerprint density at radius 1 is 0.526 bits per heavy atom. The van der Waals surface area contributed by atoms with Crippen LogP contribution in [0.2, 0.25) is 0 Å². The van der Waals surface area contributed by atoms with Gasteiger partial charge in [-0.25, -0.2) is 0 Å². The number of aliphatic carboxylic acids is 4. The first-order chi connectivity index (χ1) is 17.8. The van der Waals surface area contributed by atoms with Gasteiger partial charge in [-0.3, -0.25) is 38.4 Å². The number of hydrogen-bond acceptors (Lipinski definition) is 10. The van der Waals surface area contributed by atoms with Gasteiger partial charge in [0.2, 0.25) is 23.6 Å². The second-order valence-corrected chi connectivity index (χ2v) is 10.1. The van der Waals surface area contributed by atoms with Crippen LogP contribution in [-0.4, -0.2) is 105 Å². The number of hydrogen-bond donors (Lipinski definition) is 8. The van der Waals surface area contributed by atoms with E-state index in [1.807, 2.05) is 0 Å². The third-order valence-electron chi connectivity index (χ3n) is 4.27. The van der Waals surface area contributed by atoms with Crippen molar-refractivity contribution in [2.75, 3.05) is 24.6 Å². The molecule has 2 atom stereocenters. The summed E-state index contributed by atoms with van der Waals surface area (Å²) in [5.41, 5.74) is 0. The first-order valence-corrected chi connectivity index (χ1v) is 13.6. The lowest BCUT2D eigenvalue weighted by atomic mass is 10.2. The van der Waals surface area contributed by atoms with Crippen LogP contribution >= 0.6 is 21.6 Å². The summed E-state index contributed by atoms with van der Waals surface area (Å²) in [5, 5.41) is 43.8. The van der Waals surface area contributed by atoms with Crippen LogP contribution in [0.15, 0.2) is 0 Å². The summed E-state index contributed by atoms with van der Waals surface area (Å²) >= 11 is 0. The molecule has 0 aromatic rings. The fraction of sp³-hybridized carbons (Fsp3) is 0.600. The molecule has 8 N–H and O–H groups in total. The molecule has 0 bridgehead atoms. The van der Waals surface area contributed by atoms with Gasteiger partial charge in [-0.05, 0) is 12.8 Å². The van der Waals surface area contributed by atoms with Crippen LogP contribution in [0.4, 0.5) is 0 Å². The van der Waals surface area contributed by atoms with Crippen LogP contribution in [-0.2, 0) is 38.4 Å². The molecule has 214 valence electrons. The van der Waals surface area contributed by atoms with Crippen molar-refractivity contribution in [3.8, 4) is 0 Å². The normalized spacial score (nSPS) is 11.9. The Bertz CT molecular complexity index is 816. The maximum Gasteiger partial charge on any atom is 0.322 e. The van der Waals surface area contributed by atoms with Crippen LogP contribution in [0.25, 0.3) is 0 Å². The Labute approximate surface area is 224 Å². The molecular formula is C20H30N4O12S2. The van der Waals surface area contributed by atoms with Gasteiger partial charge in [0.1, 0.15) is 25.2 Å². The predicted molar refractivity (Wildman–Crippen MR) is 133 cm³/mol. The van der Waals surface area contributed by atoms with Crippen molar-refractivity contribution < 1.29 is 58.8 Å². The van der Waals surface area contributed by atoms with Crippen molar-refractivity contribution in [2.24, 2.45) is 0 Å². The van der Waals surface area contributed by atoms with E-state index >= 15 is 0 Å². The fourth-order valence-corrected chi connectivity index (χ4v) is 4.83. The monoisotopic (exact) mass is 582 g/mol. The number of carbonyl (C=O) groups excluding carboxylic acids is 4. The Balaban J connectivity index is 5.05. The molecule has 0 spiro atoms. The smallest absolute Gasteiger partial charge is 0.322 e. The molecule has 0 aliphatic rings. The van der Waals surface area contributed by atoms with E-state index in [0.717, 1.165) is 21.6 Å². The van der Waals surface area contributed by atoms with Crippen LogP contribution in [0.5, 0.6) is 0 Å². The van der Waals surface area contributed by atoms with E-state index in [2.05, 4.69) is 21.3 Å².